The van der Waals surface area contributed by atoms with Crippen molar-refractivity contribution in [1.82, 2.24) is 30.2 Å². The van der Waals surface area contributed by atoms with Crippen molar-refractivity contribution in [2.24, 2.45) is 11.5 Å². The van der Waals surface area contributed by atoms with E-state index in [-0.39, 0.29) is 0 Å². The fraction of sp³-hybridized carbons (Fsp3) is 0.524. The normalized spacial score (nSPS) is 16.5. The average molecular weight is 681 g/mol. The zero-order chi connectivity index (χ0) is 34.6. The molecule has 2 fully saturated rings. The summed E-state index contributed by atoms with van der Waals surface area (Å²) in [6, 6.07) is 30.7. The van der Waals surface area contributed by atoms with Gasteiger partial charge in [-0.1, -0.05) is 72.8 Å². The highest BCUT2D eigenvalue weighted by atomic mass is 15.3. The van der Waals surface area contributed by atoms with Crippen LogP contribution in [0.1, 0.15) is 36.8 Å². The van der Waals surface area contributed by atoms with Gasteiger partial charge in [0.05, 0.1) is 0 Å². The zero-order valence-electron chi connectivity index (χ0n) is 30.6. The molecule has 2 heterocycles. The van der Waals surface area contributed by atoms with Crippen molar-refractivity contribution in [3.8, 4) is 0 Å². The molecule has 0 bridgehead atoms. The molecule has 0 radical (unpaired) electrons. The number of rotatable bonds is 18. The lowest BCUT2D eigenvalue weighted by Crippen LogP contribution is -2.47. The Morgan fingerprint density at radius 2 is 0.760 bits per heavy atom. The quantitative estimate of drug-likeness (QED) is 0.114. The Morgan fingerprint density at radius 3 is 1.12 bits per heavy atom. The van der Waals surface area contributed by atoms with Crippen molar-refractivity contribution in [3.05, 3.63) is 96.1 Å². The Morgan fingerprint density at radius 1 is 0.420 bits per heavy atom. The molecule has 2 aliphatic rings. The molecule has 4 aromatic carbocycles. The molecule has 8 heteroatoms. The van der Waals surface area contributed by atoms with Crippen LogP contribution in [-0.2, 0) is 13.1 Å². The van der Waals surface area contributed by atoms with Crippen LogP contribution in [0.15, 0.2) is 84.9 Å². The van der Waals surface area contributed by atoms with Gasteiger partial charge in [0.25, 0.3) is 0 Å². The largest absolute Gasteiger partial charge is 0.330 e. The maximum absolute atomic E-state index is 5.49. The summed E-state index contributed by atoms with van der Waals surface area (Å²) in [5.74, 6) is 0. The molecule has 6 rings (SSSR count). The first kappa shape index (κ1) is 38.3. The van der Waals surface area contributed by atoms with E-state index >= 15 is 0 Å². The third-order valence-electron chi connectivity index (χ3n) is 10.2. The Labute approximate surface area is 302 Å². The predicted molar refractivity (Wildman–Crippen MR) is 214 cm³/mol. The van der Waals surface area contributed by atoms with E-state index in [1.54, 1.807) is 0 Å². The molecule has 0 spiro atoms. The summed E-state index contributed by atoms with van der Waals surface area (Å²) >= 11 is 0. The van der Waals surface area contributed by atoms with Gasteiger partial charge >= 0.3 is 0 Å². The van der Waals surface area contributed by atoms with E-state index in [2.05, 4.69) is 115 Å². The maximum atomic E-state index is 5.49. The Balaban J connectivity index is 0.000000292. The number of nitrogens with zero attached hydrogens (tertiary/aromatic N) is 4. The lowest BCUT2D eigenvalue weighted by Gasteiger charge is -2.34. The van der Waals surface area contributed by atoms with Gasteiger partial charge in [-0.3, -0.25) is 0 Å². The second-order valence-corrected chi connectivity index (χ2v) is 14.1. The lowest BCUT2D eigenvalue weighted by atomic mass is 10.1. The van der Waals surface area contributed by atoms with Crippen molar-refractivity contribution in [3.63, 3.8) is 0 Å². The summed E-state index contributed by atoms with van der Waals surface area (Å²) in [6.45, 7) is 20.0. The van der Waals surface area contributed by atoms with Gasteiger partial charge in [0, 0.05) is 65.4 Å². The molecule has 2 saturated heterocycles. The topological polar surface area (TPSA) is 89.1 Å². The molecule has 4 aromatic rings. The van der Waals surface area contributed by atoms with Crippen LogP contribution in [0.4, 0.5) is 0 Å². The molecule has 0 atom stereocenters. The van der Waals surface area contributed by atoms with E-state index in [0.717, 1.165) is 52.1 Å². The third-order valence-corrected chi connectivity index (χ3v) is 10.2. The molecule has 0 amide bonds. The van der Waals surface area contributed by atoms with Gasteiger partial charge in [-0.25, -0.2) is 0 Å². The summed E-state index contributed by atoms with van der Waals surface area (Å²) in [7, 11) is 0. The molecule has 50 heavy (non-hydrogen) atoms. The van der Waals surface area contributed by atoms with Crippen molar-refractivity contribution < 1.29 is 0 Å². The lowest BCUT2D eigenvalue weighted by molar-refractivity contribution is 0.130. The van der Waals surface area contributed by atoms with Crippen LogP contribution < -0.4 is 22.1 Å². The van der Waals surface area contributed by atoms with Crippen LogP contribution >= 0.6 is 0 Å². The predicted octanol–water partition coefficient (Wildman–Crippen LogP) is 4.57. The molecule has 0 aromatic heterocycles. The number of hydrogen-bond donors (Lipinski definition) is 4. The van der Waals surface area contributed by atoms with Gasteiger partial charge in [-0.05, 0) is 123 Å². The summed E-state index contributed by atoms with van der Waals surface area (Å²) in [5.41, 5.74) is 13.7. The van der Waals surface area contributed by atoms with Gasteiger partial charge in [0.2, 0.25) is 0 Å². The monoisotopic (exact) mass is 681 g/mol. The first-order chi connectivity index (χ1) is 24.7. The Kier molecular flexibility index (Phi) is 16.9. The summed E-state index contributed by atoms with van der Waals surface area (Å²) in [5, 5.41) is 12.6. The van der Waals surface area contributed by atoms with Gasteiger partial charge in [0.1, 0.15) is 0 Å². The number of nitrogens with one attached hydrogen (secondary N) is 2. The van der Waals surface area contributed by atoms with Crippen molar-refractivity contribution in [1.29, 1.82) is 0 Å². The van der Waals surface area contributed by atoms with E-state index in [4.69, 9.17) is 11.5 Å². The smallest absolute Gasteiger partial charge is 0.0205 e. The van der Waals surface area contributed by atoms with Gasteiger partial charge in [0.15, 0.2) is 0 Å². The summed E-state index contributed by atoms with van der Waals surface area (Å²) in [6.07, 6.45) is 4.68. The molecule has 6 N–H and O–H groups in total. The van der Waals surface area contributed by atoms with Gasteiger partial charge in [-0.2, -0.15) is 0 Å². The minimum atomic E-state index is 0.813. The van der Waals surface area contributed by atoms with Crippen LogP contribution in [0.2, 0.25) is 0 Å². The summed E-state index contributed by atoms with van der Waals surface area (Å²) in [4.78, 5) is 10.3. The second kappa shape index (κ2) is 22.1. The van der Waals surface area contributed by atoms with E-state index < -0.39 is 0 Å². The number of benzene rings is 4. The standard InChI is InChI=1S/C32H40N4.C10H24N4/c1-3-9-31-23-27(11-13-29(31)7-1)25-33-15-5-17-35-19-21-36(22-20-35)18-6-16-34-26-28-12-14-30-8-2-4-10-32(30)24-28;11-3-1-5-13-7-9-14(10-8-13)6-2-4-12/h1-4,7-14,23-24,33-34H,5-6,15-22,25-26H2;1-12H2. The highest BCUT2D eigenvalue weighted by molar-refractivity contribution is 5.83. The van der Waals surface area contributed by atoms with Gasteiger partial charge < -0.3 is 41.7 Å². The number of piperazine rings is 2. The number of nitrogens with two attached hydrogens (primary N) is 2. The van der Waals surface area contributed by atoms with Crippen LogP contribution in [0, 0.1) is 0 Å². The Bertz CT molecular complexity index is 1380. The Hall–Kier alpha value is -2.92. The highest BCUT2D eigenvalue weighted by Gasteiger charge is 2.16. The average Bonchev–Trinajstić information content (AvgIpc) is 3.17. The van der Waals surface area contributed by atoms with Gasteiger partial charge in [-0.15, -0.1) is 0 Å². The van der Waals surface area contributed by atoms with Crippen LogP contribution in [0.25, 0.3) is 21.5 Å². The van der Waals surface area contributed by atoms with E-state index in [9.17, 15) is 0 Å². The molecule has 272 valence electrons. The molecule has 2 aliphatic heterocycles. The number of fused-ring (bicyclic) bond motifs is 2. The molecule has 8 nitrogen and oxygen atoms in total. The van der Waals surface area contributed by atoms with Crippen LogP contribution in [-0.4, -0.2) is 124 Å². The van der Waals surface area contributed by atoms with E-state index in [1.807, 2.05) is 0 Å². The van der Waals surface area contributed by atoms with Crippen molar-refractivity contribution in [2.45, 2.75) is 38.8 Å². The molecule has 0 unspecified atom stereocenters. The van der Waals surface area contributed by atoms with E-state index in [0.29, 0.717) is 0 Å². The highest BCUT2D eigenvalue weighted by Crippen LogP contribution is 2.16. The first-order valence-electron chi connectivity index (χ1n) is 19.4. The minimum Gasteiger partial charge on any atom is -0.330 e. The van der Waals surface area contributed by atoms with Crippen LogP contribution in [0.5, 0.6) is 0 Å². The van der Waals surface area contributed by atoms with Crippen LogP contribution in [0.3, 0.4) is 0 Å². The second-order valence-electron chi connectivity index (χ2n) is 14.1. The van der Waals surface area contributed by atoms with Crippen molar-refractivity contribution in [2.75, 3.05) is 105 Å². The minimum absolute atomic E-state index is 0.813. The van der Waals surface area contributed by atoms with Crippen molar-refractivity contribution >= 4 is 21.5 Å². The zero-order valence-corrected chi connectivity index (χ0v) is 30.6. The fourth-order valence-corrected chi connectivity index (χ4v) is 7.12. The SMILES string of the molecule is NCCCN1CCN(CCCN)CC1.c1ccc2cc(CNCCCN3CCN(CCCNCc4ccc5ccccc5c4)CC3)ccc2c1. The summed E-state index contributed by atoms with van der Waals surface area (Å²) < 4.78 is 0. The number of hydrogen-bond acceptors (Lipinski definition) is 8. The van der Waals surface area contributed by atoms with E-state index in [1.165, 1.54) is 124 Å². The first-order valence-corrected chi connectivity index (χ1v) is 19.4. The maximum Gasteiger partial charge on any atom is 0.0205 e. The molecule has 0 aliphatic carbocycles. The molecular weight excluding hydrogens is 617 g/mol. The fourth-order valence-electron chi connectivity index (χ4n) is 7.12. The molecular formula is C42H64N8. The third kappa shape index (κ3) is 13.3. The molecule has 0 saturated carbocycles.